The van der Waals surface area contributed by atoms with E-state index in [1.54, 1.807) is 6.92 Å². The first kappa shape index (κ1) is 14.2. The van der Waals surface area contributed by atoms with Crippen molar-refractivity contribution in [3.63, 3.8) is 0 Å². The lowest BCUT2D eigenvalue weighted by Crippen LogP contribution is -2.37. The van der Waals surface area contributed by atoms with Crippen molar-refractivity contribution in [3.8, 4) is 0 Å². The van der Waals surface area contributed by atoms with E-state index >= 15 is 0 Å². The minimum atomic E-state index is -1.38. The Labute approximate surface area is 90.2 Å². The first-order chi connectivity index (χ1) is 6.74. The van der Waals surface area contributed by atoms with Crippen LogP contribution in [0.15, 0.2) is 0 Å². The molecule has 0 saturated carbocycles. The average molecular weight is 220 g/mol. The molecule has 5 heteroatoms. The molecule has 0 fully saturated rings. The molecule has 0 heterocycles. The fourth-order valence-corrected chi connectivity index (χ4v) is 0.593. The first-order valence-corrected chi connectivity index (χ1v) is 5.03. The Morgan fingerprint density at radius 3 is 2.00 bits per heavy atom. The first-order valence-electron chi connectivity index (χ1n) is 5.03. The normalized spacial score (nSPS) is 15.8. The molecule has 0 aliphatic carbocycles. The lowest BCUT2D eigenvalue weighted by molar-refractivity contribution is -0.449. The van der Waals surface area contributed by atoms with Crippen molar-refractivity contribution in [1.82, 2.24) is 0 Å². The Bertz CT molecular complexity index is 214. The van der Waals surface area contributed by atoms with Crippen LogP contribution in [0.25, 0.3) is 0 Å². The minimum absolute atomic E-state index is 0.374. The Morgan fingerprint density at radius 2 is 1.67 bits per heavy atom. The molecule has 0 saturated heterocycles. The fraction of sp³-hybridized carbons (Fsp3) is 0.900. The van der Waals surface area contributed by atoms with Crippen LogP contribution in [-0.4, -0.2) is 22.7 Å². The largest absolute Gasteiger partial charge is 0.508 e. The second-order valence-corrected chi connectivity index (χ2v) is 4.14. The quantitative estimate of drug-likeness (QED) is 0.322. The van der Waals surface area contributed by atoms with Gasteiger partial charge in [0.25, 0.3) is 0 Å². The van der Waals surface area contributed by atoms with Crippen molar-refractivity contribution in [2.24, 2.45) is 0 Å². The van der Waals surface area contributed by atoms with Gasteiger partial charge in [-0.1, -0.05) is 13.8 Å². The molecule has 0 spiro atoms. The number of rotatable bonds is 6. The second-order valence-electron chi connectivity index (χ2n) is 4.14. The maximum atomic E-state index is 10.4. The van der Waals surface area contributed by atoms with Crippen molar-refractivity contribution >= 4 is 6.16 Å². The third-order valence-corrected chi connectivity index (χ3v) is 2.24. The molecule has 1 N–H and O–H groups in total. The molecule has 0 rings (SSSR count). The average Bonchev–Trinajstić information content (AvgIpc) is 2.14. The van der Waals surface area contributed by atoms with Gasteiger partial charge in [-0.25, -0.2) is 9.68 Å². The highest BCUT2D eigenvalue weighted by Gasteiger charge is 2.32. The van der Waals surface area contributed by atoms with Crippen molar-refractivity contribution in [2.75, 3.05) is 0 Å². The SMILES string of the molecule is CCC(C)(C)OOC(C)(CC)OC(=O)O. The summed E-state index contributed by atoms with van der Waals surface area (Å²) in [5, 5.41) is 8.51. The predicted molar refractivity (Wildman–Crippen MR) is 54.3 cm³/mol. The van der Waals surface area contributed by atoms with Crippen LogP contribution in [0.2, 0.25) is 0 Å². The van der Waals surface area contributed by atoms with Gasteiger partial charge in [0, 0.05) is 13.3 Å². The Hall–Kier alpha value is -0.810. The molecule has 5 nitrogen and oxygen atoms in total. The van der Waals surface area contributed by atoms with Gasteiger partial charge in [0.1, 0.15) is 0 Å². The summed E-state index contributed by atoms with van der Waals surface area (Å²) in [5.41, 5.74) is -0.460. The number of carbonyl (C=O) groups is 1. The van der Waals surface area contributed by atoms with Gasteiger partial charge >= 0.3 is 6.16 Å². The van der Waals surface area contributed by atoms with E-state index < -0.39 is 17.5 Å². The third kappa shape index (κ3) is 5.59. The Kier molecular flexibility index (Phi) is 5.03. The zero-order valence-corrected chi connectivity index (χ0v) is 9.99. The van der Waals surface area contributed by atoms with E-state index in [0.717, 1.165) is 6.42 Å². The van der Waals surface area contributed by atoms with E-state index in [1.807, 2.05) is 20.8 Å². The molecule has 0 aromatic rings. The van der Waals surface area contributed by atoms with Crippen LogP contribution in [0, 0.1) is 0 Å². The fourth-order valence-electron chi connectivity index (χ4n) is 0.593. The Morgan fingerprint density at radius 1 is 1.13 bits per heavy atom. The molecule has 0 aromatic heterocycles. The van der Waals surface area contributed by atoms with Gasteiger partial charge in [-0.3, -0.25) is 0 Å². The van der Waals surface area contributed by atoms with Crippen LogP contribution in [0.1, 0.15) is 47.5 Å². The molecular weight excluding hydrogens is 200 g/mol. The molecule has 0 aliphatic heterocycles. The van der Waals surface area contributed by atoms with Gasteiger partial charge in [-0.15, -0.1) is 0 Å². The van der Waals surface area contributed by atoms with Gasteiger partial charge < -0.3 is 9.84 Å². The number of hydrogen-bond acceptors (Lipinski definition) is 4. The summed E-state index contributed by atoms with van der Waals surface area (Å²) in [6.07, 6.45) is -0.254. The summed E-state index contributed by atoms with van der Waals surface area (Å²) in [6, 6.07) is 0. The topological polar surface area (TPSA) is 65.0 Å². The van der Waals surface area contributed by atoms with Gasteiger partial charge in [0.05, 0.1) is 5.60 Å². The van der Waals surface area contributed by atoms with Crippen LogP contribution >= 0.6 is 0 Å². The van der Waals surface area contributed by atoms with Crippen LogP contribution in [0.5, 0.6) is 0 Å². The molecule has 15 heavy (non-hydrogen) atoms. The summed E-state index contributed by atoms with van der Waals surface area (Å²) < 4.78 is 4.60. The highest BCUT2D eigenvalue weighted by Crippen LogP contribution is 2.23. The van der Waals surface area contributed by atoms with Gasteiger partial charge in [0.2, 0.25) is 5.79 Å². The highest BCUT2D eigenvalue weighted by molar-refractivity contribution is 5.57. The molecular formula is C10H20O5. The van der Waals surface area contributed by atoms with E-state index in [9.17, 15) is 4.79 Å². The predicted octanol–water partition coefficient (Wildman–Crippen LogP) is 2.94. The lowest BCUT2D eigenvalue weighted by atomic mass is 10.1. The maximum Gasteiger partial charge on any atom is 0.508 e. The van der Waals surface area contributed by atoms with E-state index in [-0.39, 0.29) is 0 Å². The van der Waals surface area contributed by atoms with Crippen molar-refractivity contribution in [2.45, 2.75) is 58.8 Å². The van der Waals surface area contributed by atoms with E-state index in [0.29, 0.717) is 6.42 Å². The van der Waals surface area contributed by atoms with Crippen LogP contribution < -0.4 is 0 Å². The van der Waals surface area contributed by atoms with Crippen molar-refractivity contribution in [1.29, 1.82) is 0 Å². The van der Waals surface area contributed by atoms with Crippen LogP contribution in [0.3, 0.4) is 0 Å². The summed E-state index contributed by atoms with van der Waals surface area (Å²) in [6.45, 7) is 8.93. The minimum Gasteiger partial charge on any atom is -0.450 e. The number of hydrogen-bond donors (Lipinski definition) is 1. The molecule has 0 amide bonds. The smallest absolute Gasteiger partial charge is 0.450 e. The molecule has 0 aliphatic rings. The van der Waals surface area contributed by atoms with E-state index in [4.69, 9.17) is 14.9 Å². The van der Waals surface area contributed by atoms with E-state index in [1.165, 1.54) is 6.92 Å². The molecule has 90 valence electrons. The van der Waals surface area contributed by atoms with Crippen molar-refractivity contribution < 1.29 is 24.4 Å². The van der Waals surface area contributed by atoms with E-state index in [2.05, 4.69) is 4.74 Å². The van der Waals surface area contributed by atoms with Crippen LogP contribution in [0.4, 0.5) is 4.79 Å². The maximum absolute atomic E-state index is 10.4. The number of ether oxygens (including phenoxy) is 1. The van der Waals surface area contributed by atoms with Crippen LogP contribution in [-0.2, 0) is 14.5 Å². The molecule has 1 unspecified atom stereocenters. The molecule has 1 atom stereocenters. The number of carboxylic acid groups (broad SMARTS) is 1. The summed E-state index contributed by atoms with van der Waals surface area (Å²) in [4.78, 5) is 20.6. The molecule has 0 bridgehead atoms. The second kappa shape index (κ2) is 5.32. The third-order valence-electron chi connectivity index (χ3n) is 2.24. The summed E-state index contributed by atoms with van der Waals surface area (Å²) in [7, 11) is 0. The Balaban J connectivity index is 4.26. The highest BCUT2D eigenvalue weighted by atomic mass is 17.2. The van der Waals surface area contributed by atoms with Crippen molar-refractivity contribution in [3.05, 3.63) is 0 Å². The molecule has 0 aromatic carbocycles. The van der Waals surface area contributed by atoms with Gasteiger partial charge in [-0.05, 0) is 20.3 Å². The summed E-state index contributed by atoms with van der Waals surface area (Å²) >= 11 is 0. The standard InChI is InChI=1S/C10H20O5/c1-6-9(3,4)14-15-10(5,7-2)13-8(11)12/h6-7H2,1-5H3,(H,11,12). The zero-order valence-electron chi connectivity index (χ0n) is 9.99. The van der Waals surface area contributed by atoms with Gasteiger partial charge in [0.15, 0.2) is 0 Å². The lowest BCUT2D eigenvalue weighted by Gasteiger charge is -2.30. The molecule has 0 radical (unpaired) electrons. The van der Waals surface area contributed by atoms with Gasteiger partial charge in [-0.2, -0.15) is 4.89 Å². The monoisotopic (exact) mass is 220 g/mol. The summed E-state index contributed by atoms with van der Waals surface area (Å²) in [5.74, 6) is -1.25. The zero-order chi connectivity index (χ0) is 12.1.